The topological polar surface area (TPSA) is 111 Å². The third-order valence-electron chi connectivity index (χ3n) is 6.51. The fourth-order valence-corrected chi connectivity index (χ4v) is 3.99. The van der Waals surface area contributed by atoms with Gasteiger partial charge >= 0.3 is 0 Å². The highest BCUT2D eigenvalue weighted by atomic mass is 16.5. The second kappa shape index (κ2) is 12.5. The first kappa shape index (κ1) is 27.9. The van der Waals surface area contributed by atoms with E-state index in [1.54, 1.807) is 24.3 Å². The molecule has 9 heteroatoms. The van der Waals surface area contributed by atoms with Gasteiger partial charge in [-0.1, -0.05) is 30.9 Å². The summed E-state index contributed by atoms with van der Waals surface area (Å²) in [4.78, 5) is 40.8. The number of rotatable bonds is 9. The summed E-state index contributed by atoms with van der Waals surface area (Å²) in [5.74, 6) is 3.89. The van der Waals surface area contributed by atoms with Crippen molar-refractivity contribution in [3.05, 3.63) is 70.8 Å². The average Bonchev–Trinajstić information content (AvgIpc) is 2.91. The van der Waals surface area contributed by atoms with E-state index in [4.69, 9.17) is 9.94 Å². The van der Waals surface area contributed by atoms with Crippen LogP contribution in [-0.2, 0) is 20.9 Å². The van der Waals surface area contributed by atoms with E-state index in [1.165, 1.54) is 32.1 Å². The van der Waals surface area contributed by atoms with Gasteiger partial charge in [-0.2, -0.15) is 0 Å². The molecule has 9 nitrogen and oxygen atoms in total. The van der Waals surface area contributed by atoms with E-state index in [0.29, 0.717) is 11.7 Å². The van der Waals surface area contributed by atoms with Crippen molar-refractivity contribution in [1.29, 1.82) is 0 Å². The van der Waals surface area contributed by atoms with Crippen LogP contribution in [0.15, 0.2) is 48.5 Å². The summed E-state index contributed by atoms with van der Waals surface area (Å²) in [6.07, 6.45) is 1.40. The molecule has 3 N–H and O–H groups in total. The number of carbonyl (C=O) groups is 3. The van der Waals surface area contributed by atoms with Crippen LogP contribution >= 0.6 is 0 Å². The predicted molar refractivity (Wildman–Crippen MR) is 139 cm³/mol. The second-order valence-corrected chi connectivity index (χ2v) is 9.17. The van der Waals surface area contributed by atoms with Crippen LogP contribution in [0.5, 0.6) is 0 Å². The van der Waals surface area contributed by atoms with Gasteiger partial charge in [0.1, 0.15) is 0 Å². The molecule has 2 aromatic carbocycles. The van der Waals surface area contributed by atoms with Crippen molar-refractivity contribution >= 4 is 17.7 Å². The summed E-state index contributed by atoms with van der Waals surface area (Å²) in [5.41, 5.74) is 2.61. The van der Waals surface area contributed by atoms with E-state index in [1.807, 2.05) is 12.1 Å². The lowest BCUT2D eigenvalue weighted by atomic mass is 9.96. The van der Waals surface area contributed by atoms with Gasteiger partial charge in [0.05, 0.1) is 6.10 Å². The number of likely N-dealkylation sites (N-methyl/N-ethyl adjacent to an activating group) is 2. The average molecular weight is 507 g/mol. The summed E-state index contributed by atoms with van der Waals surface area (Å²) in [6, 6.07) is 14.7. The molecular formula is C28H34N4O5. The lowest BCUT2D eigenvalue weighted by molar-refractivity contribution is -0.148. The Kier molecular flexibility index (Phi) is 9.42. The predicted octanol–water partition coefficient (Wildman–Crippen LogP) is 1.78. The third-order valence-corrected chi connectivity index (χ3v) is 6.51. The van der Waals surface area contributed by atoms with Gasteiger partial charge in [0.15, 0.2) is 5.54 Å². The van der Waals surface area contributed by atoms with Crippen LogP contribution in [0.3, 0.4) is 0 Å². The zero-order chi connectivity index (χ0) is 27.0. The summed E-state index contributed by atoms with van der Waals surface area (Å²) in [7, 11) is 2.67. The molecule has 0 spiro atoms. The minimum absolute atomic E-state index is 0.270. The Labute approximate surface area is 217 Å². The maximum atomic E-state index is 13.0. The number of hydroxylamine groups is 1. The second-order valence-electron chi connectivity index (χ2n) is 9.17. The number of amides is 3. The molecule has 1 fully saturated rings. The molecule has 1 aliphatic heterocycles. The first-order chi connectivity index (χ1) is 17.7. The molecule has 0 radical (unpaired) electrons. The normalized spacial score (nSPS) is 14.9. The molecule has 2 aromatic rings. The van der Waals surface area contributed by atoms with Crippen LogP contribution in [0.4, 0.5) is 0 Å². The van der Waals surface area contributed by atoms with Crippen LogP contribution in [0.1, 0.15) is 47.3 Å². The zero-order valence-electron chi connectivity index (χ0n) is 21.7. The maximum Gasteiger partial charge on any atom is 0.278 e. The highest BCUT2D eigenvalue weighted by Gasteiger charge is 2.47. The number of ether oxygens (including phenoxy) is 1. The third kappa shape index (κ3) is 6.54. The van der Waals surface area contributed by atoms with Crippen molar-refractivity contribution in [3.8, 4) is 11.8 Å². The Bertz CT molecular complexity index is 1150. The lowest BCUT2D eigenvalue weighted by Crippen LogP contribution is -2.64. The number of benzene rings is 2. The molecule has 0 unspecified atom stereocenters. The minimum Gasteiger partial charge on any atom is -0.376 e. The van der Waals surface area contributed by atoms with Crippen LogP contribution < -0.4 is 10.8 Å². The minimum atomic E-state index is -1.94. The Hall–Kier alpha value is -3.71. The first-order valence-electron chi connectivity index (χ1n) is 12.2. The fourth-order valence-electron chi connectivity index (χ4n) is 3.99. The van der Waals surface area contributed by atoms with Crippen molar-refractivity contribution in [2.24, 2.45) is 0 Å². The zero-order valence-corrected chi connectivity index (χ0v) is 21.7. The number of hydrogen-bond donors (Lipinski definition) is 3. The van der Waals surface area contributed by atoms with Gasteiger partial charge in [0, 0.05) is 57.0 Å². The van der Waals surface area contributed by atoms with Gasteiger partial charge in [-0.15, -0.1) is 0 Å². The molecule has 3 amide bonds. The summed E-state index contributed by atoms with van der Waals surface area (Å²) in [6.45, 7) is 7.02. The number of nitrogens with zero attached hydrogens (tertiary/aromatic N) is 2. The van der Waals surface area contributed by atoms with Crippen molar-refractivity contribution in [3.63, 3.8) is 0 Å². The Balaban J connectivity index is 1.60. The fraction of sp³-hybridized carbons (Fsp3) is 0.393. The molecule has 1 aliphatic rings. The van der Waals surface area contributed by atoms with Crippen molar-refractivity contribution in [2.75, 3.05) is 33.8 Å². The van der Waals surface area contributed by atoms with Crippen LogP contribution in [0, 0.1) is 11.8 Å². The molecule has 1 atom stereocenters. The Morgan fingerprint density at radius 3 is 2.14 bits per heavy atom. The first-order valence-corrected chi connectivity index (χ1v) is 12.2. The number of likely N-dealkylation sites (tertiary alicyclic amines) is 1. The van der Waals surface area contributed by atoms with E-state index in [-0.39, 0.29) is 5.56 Å². The van der Waals surface area contributed by atoms with Gasteiger partial charge in [-0.3, -0.25) is 24.5 Å². The van der Waals surface area contributed by atoms with Gasteiger partial charge in [-0.25, -0.2) is 5.48 Å². The molecule has 0 saturated carbocycles. The van der Waals surface area contributed by atoms with Gasteiger partial charge in [-0.05, 0) is 55.3 Å². The SMILES string of the molecule is CCCOC1CN(Cc2ccc(C#Cc3ccc(C(=O)N(C)[C@@](C)(C(=O)NC)C(=O)NO)cc3)cc2)C1. The van der Waals surface area contributed by atoms with E-state index < -0.39 is 23.3 Å². The maximum absolute atomic E-state index is 13.0. The van der Waals surface area contributed by atoms with Crippen molar-refractivity contribution in [1.82, 2.24) is 20.6 Å². The van der Waals surface area contributed by atoms with E-state index in [2.05, 4.69) is 41.1 Å². The standard InChI is InChI=1S/C28H34N4O5/c1-5-16-37-24-18-32(19-24)17-22-10-8-20(9-11-22)6-7-21-12-14-23(15-13-21)25(33)31(4)28(2,26(34)29-3)27(35)30-36/h8-15,24,36H,5,16-19H2,1-4H3,(H,29,34)(H,30,35)/t28-/m0/s1. The van der Waals surface area contributed by atoms with Crippen LogP contribution in [0.25, 0.3) is 0 Å². The largest absolute Gasteiger partial charge is 0.376 e. The molecule has 0 aromatic heterocycles. The van der Waals surface area contributed by atoms with Crippen LogP contribution in [-0.4, -0.2) is 78.2 Å². The highest BCUT2D eigenvalue weighted by Crippen LogP contribution is 2.19. The number of carbonyl (C=O) groups excluding carboxylic acids is 3. The van der Waals surface area contributed by atoms with E-state index >= 15 is 0 Å². The van der Waals surface area contributed by atoms with Crippen molar-refractivity contribution < 1.29 is 24.3 Å². The quantitative estimate of drug-likeness (QED) is 0.207. The van der Waals surface area contributed by atoms with E-state index in [9.17, 15) is 14.4 Å². The highest BCUT2D eigenvalue weighted by molar-refractivity contribution is 6.12. The molecule has 1 heterocycles. The van der Waals surface area contributed by atoms with Crippen molar-refractivity contribution in [2.45, 2.75) is 38.5 Å². The van der Waals surface area contributed by atoms with Gasteiger partial charge < -0.3 is 15.0 Å². The molecule has 196 valence electrons. The molecule has 37 heavy (non-hydrogen) atoms. The van der Waals surface area contributed by atoms with Crippen LogP contribution in [0.2, 0.25) is 0 Å². The van der Waals surface area contributed by atoms with Gasteiger partial charge in [0.2, 0.25) is 0 Å². The molecule has 1 saturated heterocycles. The molecule has 0 bridgehead atoms. The molecule has 0 aliphatic carbocycles. The Morgan fingerprint density at radius 2 is 1.62 bits per heavy atom. The number of nitrogens with one attached hydrogen (secondary N) is 2. The smallest absolute Gasteiger partial charge is 0.278 e. The molecular weight excluding hydrogens is 472 g/mol. The summed E-state index contributed by atoms with van der Waals surface area (Å²) >= 11 is 0. The van der Waals surface area contributed by atoms with E-state index in [0.717, 1.165) is 43.1 Å². The Morgan fingerprint density at radius 1 is 1.05 bits per heavy atom. The summed E-state index contributed by atoms with van der Waals surface area (Å²) in [5, 5.41) is 11.4. The lowest BCUT2D eigenvalue weighted by Gasteiger charge is -2.38. The number of hydrogen-bond acceptors (Lipinski definition) is 6. The van der Waals surface area contributed by atoms with Gasteiger partial charge in [0.25, 0.3) is 17.7 Å². The summed E-state index contributed by atoms with van der Waals surface area (Å²) < 4.78 is 5.74. The molecule has 3 rings (SSSR count). The monoisotopic (exact) mass is 506 g/mol.